The maximum absolute atomic E-state index is 8.47. The third-order valence-electron chi connectivity index (χ3n) is 0. The predicted molar refractivity (Wildman–Crippen MR) is 39.2 cm³/mol. The fourth-order valence-corrected chi connectivity index (χ4v) is 0. The number of hydrogen-bond acceptors (Lipinski definition) is 7. The molecule has 0 aromatic rings. The Morgan fingerprint density at radius 3 is 0.476 bits per heavy atom. The van der Waals surface area contributed by atoms with Crippen LogP contribution < -0.4 is 0 Å². The van der Waals surface area contributed by atoms with Gasteiger partial charge in [-0.05, 0) is 0 Å². The van der Waals surface area contributed by atoms with Crippen molar-refractivity contribution in [2.75, 3.05) is 0 Å². The van der Waals surface area contributed by atoms with E-state index in [2.05, 4.69) is 0 Å². The Hall–Kier alpha value is -2.77. The molecule has 21 heteroatoms. The molecule has 0 aliphatic heterocycles. The molecule has 0 unspecified atom stereocenters. The minimum absolute atomic E-state index is 0. The van der Waals surface area contributed by atoms with Gasteiger partial charge in [0.05, 0.1) is 0 Å². The molecule has 8 N–H and O–H groups in total. The average Bonchev–Trinajstić information content (AvgIpc) is 1.94. The number of hydrogen-bond donors (Lipinski definition) is 8. The summed E-state index contributed by atoms with van der Waals surface area (Å²) in [6, 6.07) is 0. The number of nitrogens with zero attached hydrogens (tertiary/aromatic N) is 5. The molecule has 0 aliphatic rings. The van der Waals surface area contributed by atoms with Crippen molar-refractivity contribution in [3.05, 3.63) is 34.9 Å². The summed E-state index contributed by atoms with van der Waals surface area (Å²) in [7, 11) is 0. The van der Waals surface area contributed by atoms with Crippen molar-refractivity contribution in [3.63, 3.8) is 0 Å². The molecule has 0 aromatic carbocycles. The Labute approximate surface area is 139 Å². The molecule has 0 saturated heterocycles. The molecule has 0 rings (SSSR count). The summed E-state index contributed by atoms with van der Waals surface area (Å²) in [6.07, 6.45) is 0. The molecule has 0 heterocycles. The summed E-state index contributed by atoms with van der Waals surface area (Å²) < 4.78 is 0. The second kappa shape index (κ2) is 30.3. The van der Waals surface area contributed by atoms with Crippen LogP contribution in [0.25, 0.3) is 0 Å². The van der Waals surface area contributed by atoms with E-state index in [9.17, 15) is 0 Å². The van der Waals surface area contributed by atoms with Crippen LogP contribution >= 0.6 is 0 Å². The summed E-state index contributed by atoms with van der Waals surface area (Å²) in [5.74, 6) is 0. The Morgan fingerprint density at radius 1 is 0.476 bits per heavy atom. The third kappa shape index (κ3) is 523. The average molecular weight is 487 g/mol. The van der Waals surface area contributed by atoms with E-state index in [0.29, 0.717) is 0 Å². The van der Waals surface area contributed by atoms with Crippen molar-refractivity contribution in [2.24, 2.45) is 0 Å². The zero-order valence-corrected chi connectivity index (χ0v) is 10.7. The number of rotatable bonds is 0. The quantitative estimate of drug-likeness (QED) is 0.134. The molecule has 0 saturated carbocycles. The fraction of sp³-hybridized carbons (Fsp3) is 0. The second-order valence-electron chi connectivity index (χ2n) is 1.23. The largest absolute Gasteiger partial charge is 0.472 e. The van der Waals surface area contributed by atoms with E-state index in [1.165, 1.54) is 0 Å². The SMILES string of the molecule is O=[N+](O)O.O=[N+](O)O.O=[N+](O)O.O=[N+]([O-])O.O=[N+]([O-])O.[Tm]. The van der Waals surface area contributed by atoms with Gasteiger partial charge in [-0.3, -0.25) is 0 Å². The van der Waals surface area contributed by atoms with Gasteiger partial charge in [-0.25, -0.2) is 31.2 Å². The van der Waals surface area contributed by atoms with E-state index in [1.54, 1.807) is 0 Å². The first-order chi connectivity index (χ1) is 8.66. The second-order valence-corrected chi connectivity index (χ2v) is 1.23. The maximum atomic E-state index is 8.47. The summed E-state index contributed by atoms with van der Waals surface area (Å²) in [5, 5.41) is 64.9. The van der Waals surface area contributed by atoms with Crippen molar-refractivity contribution < 1.29 is 104 Å². The first-order valence-electron chi connectivity index (χ1n) is 2.88. The fourth-order valence-electron chi connectivity index (χ4n) is 0. The van der Waals surface area contributed by atoms with Gasteiger partial charge in [0.2, 0.25) is 0 Å². The van der Waals surface area contributed by atoms with E-state index < -0.39 is 25.4 Å². The van der Waals surface area contributed by atoms with Gasteiger partial charge in [0.25, 0.3) is 10.2 Å². The normalized spacial score (nSPS) is 5.71. The Bertz CT molecular complexity index is 207. The first kappa shape index (κ1) is 36.2. The summed E-state index contributed by atoms with van der Waals surface area (Å²) in [5.41, 5.74) is 0. The molecule has 133 valence electrons. The Morgan fingerprint density at radius 2 is 0.476 bits per heavy atom. The molecule has 0 aliphatic carbocycles. The van der Waals surface area contributed by atoms with Gasteiger partial charge in [-0.2, -0.15) is 0 Å². The Balaban J connectivity index is -0.0000000331. The molecule has 0 aromatic heterocycles. The van der Waals surface area contributed by atoms with Gasteiger partial charge in [-0.1, -0.05) is 0 Å². The van der Waals surface area contributed by atoms with Gasteiger partial charge in [-0.15, -0.1) is 20.2 Å². The molecule has 0 spiro atoms. The summed E-state index contributed by atoms with van der Waals surface area (Å²) >= 11 is 0. The maximum Gasteiger partial charge on any atom is 0.472 e. The molecule has 21 heavy (non-hydrogen) atoms. The van der Waals surface area contributed by atoms with E-state index in [1.807, 2.05) is 0 Å². The predicted octanol–water partition coefficient (Wildman–Crippen LogP) is -2.06. The molecule has 1 radical (unpaired) electrons. The summed E-state index contributed by atoms with van der Waals surface area (Å²) in [4.78, 5) is 42.1. The third-order valence-corrected chi connectivity index (χ3v) is 0. The molecular weight excluding hydrogens is 479 g/mol. The zero-order chi connectivity index (χ0) is 17.9. The minimum Gasteiger partial charge on any atom is -0.328 e. The van der Waals surface area contributed by atoms with Crippen molar-refractivity contribution in [3.8, 4) is 0 Å². The van der Waals surface area contributed by atoms with Crippen LogP contribution in [0.2, 0.25) is 0 Å². The van der Waals surface area contributed by atoms with Crippen LogP contribution in [-0.2, 0) is 0 Å². The summed E-state index contributed by atoms with van der Waals surface area (Å²) in [6.45, 7) is 0. The van der Waals surface area contributed by atoms with Gasteiger partial charge < -0.3 is 10.4 Å². The minimum atomic E-state index is -1.50. The standard InChI is InChI=1S/3H2NO3.2HNO3.Tm/c5*2-1(3)4;/h3*(H2,2,3,4);2*(H,2,3,4);/q3*+1;;;. The van der Waals surface area contributed by atoms with Crippen LogP contribution in [0.3, 0.4) is 0 Å². The molecule has 0 amide bonds. The Kier molecular flexibility index (Phi) is 52.3. The van der Waals surface area contributed by atoms with Crippen molar-refractivity contribution >= 4 is 0 Å². The van der Waals surface area contributed by atoms with Crippen molar-refractivity contribution in [2.45, 2.75) is 0 Å². The first-order valence-corrected chi connectivity index (χ1v) is 2.88. The zero-order valence-electron chi connectivity index (χ0n) is 8.95. The van der Waals surface area contributed by atoms with Gasteiger partial charge in [0, 0.05) is 36.9 Å². The molecule has 0 fully saturated rings. The van der Waals surface area contributed by atoms with E-state index in [4.69, 9.17) is 76.6 Å². The van der Waals surface area contributed by atoms with E-state index >= 15 is 0 Å². The van der Waals surface area contributed by atoms with E-state index in [-0.39, 0.29) is 36.9 Å². The monoisotopic (exact) mass is 487 g/mol. The van der Waals surface area contributed by atoms with Crippen LogP contribution in [0.5, 0.6) is 0 Å². The van der Waals surface area contributed by atoms with Gasteiger partial charge >= 0.3 is 15.3 Å². The van der Waals surface area contributed by atoms with Crippen LogP contribution in [0.4, 0.5) is 0 Å². The van der Waals surface area contributed by atoms with Crippen LogP contribution in [0, 0.1) is 71.8 Å². The van der Waals surface area contributed by atoms with Crippen LogP contribution in [-0.4, -0.2) is 67.1 Å². The van der Waals surface area contributed by atoms with Crippen LogP contribution in [0.15, 0.2) is 0 Å². The van der Waals surface area contributed by atoms with Crippen molar-refractivity contribution in [1.82, 2.24) is 0 Å². The van der Waals surface area contributed by atoms with Crippen molar-refractivity contribution in [1.29, 1.82) is 0 Å². The molecule has 20 nitrogen and oxygen atoms in total. The van der Waals surface area contributed by atoms with Gasteiger partial charge in [0.15, 0.2) is 0 Å². The van der Waals surface area contributed by atoms with Crippen LogP contribution in [0.1, 0.15) is 0 Å². The smallest absolute Gasteiger partial charge is 0.328 e. The van der Waals surface area contributed by atoms with E-state index in [0.717, 1.165) is 0 Å². The topological polar surface area (TPSA) is 308 Å². The molecular formula is H8N5O15Tm+3. The molecule has 0 bridgehead atoms. The van der Waals surface area contributed by atoms with Gasteiger partial charge in [0.1, 0.15) is 14.7 Å². The molecule has 0 atom stereocenters.